The average molecular weight is 488 g/mol. The van der Waals surface area contributed by atoms with Crippen LogP contribution >= 0.6 is 0 Å². The van der Waals surface area contributed by atoms with E-state index in [1.807, 2.05) is 0 Å². The Morgan fingerprint density at radius 2 is 1.82 bits per heavy atom. The Morgan fingerprint density at radius 1 is 1.09 bits per heavy atom. The van der Waals surface area contributed by atoms with Crippen molar-refractivity contribution in [3.05, 3.63) is 77.9 Å². The summed E-state index contributed by atoms with van der Waals surface area (Å²) in [6.45, 7) is 4.06. The first-order chi connectivity index (χ1) is 16.3. The van der Waals surface area contributed by atoms with E-state index in [2.05, 4.69) is 10.3 Å². The quantitative estimate of drug-likeness (QED) is 0.465. The number of hydrogen-bond acceptors (Lipinski definition) is 6. The van der Waals surface area contributed by atoms with Gasteiger partial charge in [-0.2, -0.15) is 4.31 Å². The summed E-state index contributed by atoms with van der Waals surface area (Å²) in [6, 6.07) is 11.9. The molecule has 10 heteroatoms. The number of nitrogens with zero attached hydrogens (tertiary/aromatic N) is 2. The number of pyridine rings is 1. The lowest BCUT2D eigenvalue weighted by Gasteiger charge is -2.20. The van der Waals surface area contributed by atoms with Gasteiger partial charge in [0.15, 0.2) is 11.6 Å². The number of rotatable bonds is 10. The number of aromatic nitrogens is 1. The van der Waals surface area contributed by atoms with Crippen molar-refractivity contribution < 1.29 is 27.1 Å². The molecule has 1 aromatic heterocycles. The topological polar surface area (TPSA) is 97.8 Å². The summed E-state index contributed by atoms with van der Waals surface area (Å²) in [7, 11) is -2.48. The first-order valence-electron chi connectivity index (χ1n) is 10.6. The Kier molecular flexibility index (Phi) is 8.19. The summed E-state index contributed by atoms with van der Waals surface area (Å²) in [5.74, 6) is -0.515. The number of amides is 1. The van der Waals surface area contributed by atoms with E-state index in [9.17, 15) is 17.6 Å². The van der Waals surface area contributed by atoms with Gasteiger partial charge in [0.2, 0.25) is 10.0 Å². The zero-order valence-corrected chi connectivity index (χ0v) is 19.9. The maximum absolute atomic E-state index is 14.5. The van der Waals surface area contributed by atoms with Crippen LogP contribution in [0.5, 0.6) is 17.2 Å². The van der Waals surface area contributed by atoms with Crippen molar-refractivity contribution >= 4 is 15.9 Å². The molecule has 1 N–H and O–H groups in total. The third-order valence-corrected chi connectivity index (χ3v) is 7.13. The molecule has 0 aliphatic heterocycles. The standard InChI is InChI=1S/C24H26FN3O5S/c1-4-28(5-2)34(30,31)23-14-18(9-11-22(23)32-3)24(29)27-15-17-8-10-21(20(25)13-17)33-19-7-6-12-26-16-19/h6-14,16H,4-5,15H2,1-3H3,(H,27,29). The van der Waals surface area contributed by atoms with Crippen molar-refractivity contribution in [1.82, 2.24) is 14.6 Å². The van der Waals surface area contributed by atoms with Crippen LogP contribution in [0.15, 0.2) is 65.8 Å². The number of methoxy groups -OCH3 is 1. The van der Waals surface area contributed by atoms with Crippen LogP contribution in [0.3, 0.4) is 0 Å². The van der Waals surface area contributed by atoms with Gasteiger partial charge < -0.3 is 14.8 Å². The molecule has 0 radical (unpaired) electrons. The molecule has 3 aromatic rings. The number of hydrogen-bond donors (Lipinski definition) is 1. The minimum atomic E-state index is -3.84. The minimum Gasteiger partial charge on any atom is -0.495 e. The van der Waals surface area contributed by atoms with Crippen molar-refractivity contribution in [2.75, 3.05) is 20.2 Å². The van der Waals surface area contributed by atoms with Gasteiger partial charge in [-0.15, -0.1) is 0 Å². The summed E-state index contributed by atoms with van der Waals surface area (Å²) in [6.07, 6.45) is 3.05. The molecule has 0 atom stereocenters. The maximum Gasteiger partial charge on any atom is 0.251 e. The number of carbonyl (C=O) groups excluding carboxylic acids is 1. The lowest BCUT2D eigenvalue weighted by molar-refractivity contribution is 0.0950. The van der Waals surface area contributed by atoms with Crippen LogP contribution in [0.2, 0.25) is 0 Å². The molecule has 2 aromatic carbocycles. The molecule has 1 heterocycles. The van der Waals surface area contributed by atoms with Gasteiger partial charge in [-0.1, -0.05) is 19.9 Å². The van der Waals surface area contributed by atoms with Gasteiger partial charge in [0.05, 0.1) is 13.3 Å². The van der Waals surface area contributed by atoms with E-state index in [-0.39, 0.29) is 41.6 Å². The highest BCUT2D eigenvalue weighted by Gasteiger charge is 2.26. The third-order valence-electron chi connectivity index (χ3n) is 5.06. The van der Waals surface area contributed by atoms with Crippen molar-refractivity contribution in [2.45, 2.75) is 25.3 Å². The normalized spacial score (nSPS) is 11.3. The number of ether oxygens (including phenoxy) is 2. The van der Waals surface area contributed by atoms with Gasteiger partial charge in [0, 0.05) is 31.4 Å². The second-order valence-corrected chi connectivity index (χ2v) is 9.10. The SMILES string of the molecule is CCN(CC)S(=O)(=O)c1cc(C(=O)NCc2ccc(Oc3cccnc3)c(F)c2)ccc1OC. The number of carbonyl (C=O) groups is 1. The van der Waals surface area contributed by atoms with Gasteiger partial charge in [-0.25, -0.2) is 12.8 Å². The largest absolute Gasteiger partial charge is 0.495 e. The second-order valence-electron chi connectivity index (χ2n) is 7.19. The molecule has 0 saturated heterocycles. The van der Waals surface area contributed by atoms with Crippen LogP contribution in [0.1, 0.15) is 29.8 Å². The Bertz CT molecular complexity index is 1250. The highest BCUT2D eigenvalue weighted by Crippen LogP contribution is 2.28. The Labute approximate surface area is 198 Å². The Morgan fingerprint density at radius 3 is 2.44 bits per heavy atom. The van der Waals surface area contributed by atoms with Crippen molar-refractivity contribution in [3.63, 3.8) is 0 Å². The lowest BCUT2D eigenvalue weighted by Crippen LogP contribution is -2.31. The smallest absolute Gasteiger partial charge is 0.251 e. The molecule has 0 unspecified atom stereocenters. The van der Waals surface area contributed by atoms with Gasteiger partial charge >= 0.3 is 0 Å². The number of benzene rings is 2. The first-order valence-corrected chi connectivity index (χ1v) is 12.1. The summed E-state index contributed by atoms with van der Waals surface area (Å²) < 4.78 is 52.4. The molecular weight excluding hydrogens is 461 g/mol. The Balaban J connectivity index is 1.74. The lowest BCUT2D eigenvalue weighted by atomic mass is 10.1. The summed E-state index contributed by atoms with van der Waals surface area (Å²) >= 11 is 0. The van der Waals surface area contributed by atoms with Crippen LogP contribution in [0, 0.1) is 5.82 Å². The number of nitrogens with one attached hydrogen (secondary N) is 1. The molecule has 0 bridgehead atoms. The minimum absolute atomic E-state index is 0.0319. The predicted molar refractivity (Wildman–Crippen MR) is 125 cm³/mol. The van der Waals surface area contributed by atoms with Gasteiger partial charge in [0.1, 0.15) is 16.4 Å². The fourth-order valence-electron chi connectivity index (χ4n) is 3.28. The second kappa shape index (κ2) is 11.1. The maximum atomic E-state index is 14.5. The molecule has 0 saturated carbocycles. The summed E-state index contributed by atoms with van der Waals surface area (Å²) in [5, 5.41) is 2.68. The van der Waals surface area contributed by atoms with Crippen molar-refractivity contribution in [1.29, 1.82) is 0 Å². The van der Waals surface area contributed by atoms with Crippen LogP contribution < -0.4 is 14.8 Å². The molecule has 0 fully saturated rings. The number of halogens is 1. The van der Waals surface area contributed by atoms with E-state index in [1.54, 1.807) is 38.2 Å². The molecule has 8 nitrogen and oxygen atoms in total. The van der Waals surface area contributed by atoms with Crippen molar-refractivity contribution in [3.8, 4) is 17.2 Å². The van der Waals surface area contributed by atoms with E-state index >= 15 is 0 Å². The van der Waals surface area contributed by atoms with Crippen LogP contribution in [0.4, 0.5) is 4.39 Å². The first kappa shape index (κ1) is 25.1. The van der Waals surface area contributed by atoms with Gasteiger partial charge in [-0.05, 0) is 48.0 Å². The molecule has 0 aliphatic carbocycles. The highest BCUT2D eigenvalue weighted by molar-refractivity contribution is 7.89. The van der Waals surface area contributed by atoms with Crippen LogP contribution in [0.25, 0.3) is 0 Å². The van der Waals surface area contributed by atoms with E-state index in [1.165, 1.54) is 47.9 Å². The van der Waals surface area contributed by atoms with Gasteiger partial charge in [0.25, 0.3) is 5.91 Å². The van der Waals surface area contributed by atoms with E-state index in [0.717, 1.165) is 0 Å². The molecule has 180 valence electrons. The molecule has 0 spiro atoms. The molecule has 34 heavy (non-hydrogen) atoms. The third kappa shape index (κ3) is 5.70. The van der Waals surface area contributed by atoms with E-state index in [0.29, 0.717) is 11.3 Å². The van der Waals surface area contributed by atoms with E-state index in [4.69, 9.17) is 9.47 Å². The fraction of sp³-hybridized carbons (Fsp3) is 0.250. The summed E-state index contributed by atoms with van der Waals surface area (Å²) in [5.41, 5.74) is 0.650. The zero-order chi connectivity index (χ0) is 24.7. The average Bonchev–Trinajstić information content (AvgIpc) is 2.85. The molecule has 0 aliphatic rings. The highest BCUT2D eigenvalue weighted by atomic mass is 32.2. The molecule has 3 rings (SSSR count). The fourth-order valence-corrected chi connectivity index (χ4v) is 4.92. The molecule has 1 amide bonds. The number of sulfonamides is 1. The van der Waals surface area contributed by atoms with Crippen molar-refractivity contribution in [2.24, 2.45) is 0 Å². The Hall–Kier alpha value is -3.50. The molecular formula is C24H26FN3O5S. The zero-order valence-electron chi connectivity index (χ0n) is 19.1. The van der Waals surface area contributed by atoms with Crippen LogP contribution in [-0.2, 0) is 16.6 Å². The summed E-state index contributed by atoms with van der Waals surface area (Å²) in [4.78, 5) is 16.5. The van der Waals surface area contributed by atoms with Crippen LogP contribution in [-0.4, -0.2) is 43.8 Å². The van der Waals surface area contributed by atoms with Gasteiger partial charge in [-0.3, -0.25) is 9.78 Å². The van der Waals surface area contributed by atoms with E-state index < -0.39 is 21.7 Å². The predicted octanol–water partition coefficient (Wildman–Crippen LogP) is 3.98. The monoisotopic (exact) mass is 487 g/mol.